The molecule has 2 rings (SSSR count). The van der Waals surface area contributed by atoms with Crippen LogP contribution in [0.4, 0.5) is 0 Å². The van der Waals surface area contributed by atoms with Crippen LogP contribution < -0.4 is 4.72 Å². The quantitative estimate of drug-likeness (QED) is 0.737. The van der Waals surface area contributed by atoms with Crippen molar-refractivity contribution in [2.45, 2.75) is 32.2 Å². The maximum absolute atomic E-state index is 10.6. The van der Waals surface area contributed by atoms with Crippen LogP contribution in [0.1, 0.15) is 23.1 Å². The topological polar surface area (TPSA) is 46.2 Å². The van der Waals surface area contributed by atoms with Gasteiger partial charge < -0.3 is 0 Å². The molecule has 4 heteroatoms. The molecule has 0 radical (unpaired) electrons. The third-order valence-corrected chi connectivity index (χ3v) is 3.45. The maximum Gasteiger partial charge on any atom is 0.201 e. The highest BCUT2D eigenvalue weighted by Crippen LogP contribution is 2.22. The first-order chi connectivity index (χ1) is 7.15. The van der Waals surface area contributed by atoms with Crippen molar-refractivity contribution in [1.82, 2.24) is 4.72 Å². The summed E-state index contributed by atoms with van der Waals surface area (Å²) in [4.78, 5) is 0. The fourth-order valence-electron chi connectivity index (χ4n) is 2.14. The Morgan fingerprint density at radius 2 is 2.13 bits per heavy atom. The van der Waals surface area contributed by atoms with E-state index in [1.165, 1.54) is 16.7 Å². The molecule has 0 bridgehead atoms. The van der Waals surface area contributed by atoms with Crippen molar-refractivity contribution in [2.75, 3.05) is 0 Å². The SMILES string of the molecule is Cc1ccc2c(c1)CCC(N[SH](=O)=O)C2. The van der Waals surface area contributed by atoms with E-state index in [1.54, 1.807) is 0 Å². The molecule has 0 saturated carbocycles. The van der Waals surface area contributed by atoms with Gasteiger partial charge in [0.05, 0.1) is 0 Å². The Bertz CT molecular complexity index is 432. The Morgan fingerprint density at radius 1 is 1.33 bits per heavy atom. The number of hydrogen-bond acceptors (Lipinski definition) is 2. The lowest BCUT2D eigenvalue weighted by Gasteiger charge is -2.23. The van der Waals surface area contributed by atoms with Crippen molar-refractivity contribution in [1.29, 1.82) is 0 Å². The molecular formula is C11H15NO2S. The van der Waals surface area contributed by atoms with Crippen LogP contribution in [0, 0.1) is 6.92 Å². The number of fused-ring (bicyclic) bond motifs is 1. The van der Waals surface area contributed by atoms with Crippen LogP contribution in [0.5, 0.6) is 0 Å². The van der Waals surface area contributed by atoms with Gasteiger partial charge in [0.1, 0.15) is 0 Å². The molecule has 1 aromatic carbocycles. The van der Waals surface area contributed by atoms with Crippen molar-refractivity contribution in [3.8, 4) is 0 Å². The molecule has 0 aliphatic heterocycles. The lowest BCUT2D eigenvalue weighted by Crippen LogP contribution is -2.33. The van der Waals surface area contributed by atoms with Gasteiger partial charge in [0.25, 0.3) is 0 Å². The zero-order valence-corrected chi connectivity index (χ0v) is 9.59. The van der Waals surface area contributed by atoms with Crippen LogP contribution in [-0.4, -0.2) is 14.5 Å². The van der Waals surface area contributed by atoms with E-state index in [-0.39, 0.29) is 6.04 Å². The minimum atomic E-state index is -2.47. The van der Waals surface area contributed by atoms with E-state index in [2.05, 4.69) is 29.8 Å². The Kier molecular flexibility index (Phi) is 3.07. The summed E-state index contributed by atoms with van der Waals surface area (Å²) >= 11 is 0. The van der Waals surface area contributed by atoms with Gasteiger partial charge in [-0.3, -0.25) is 0 Å². The largest absolute Gasteiger partial charge is 0.216 e. The van der Waals surface area contributed by atoms with Crippen LogP contribution >= 0.6 is 0 Å². The summed E-state index contributed by atoms with van der Waals surface area (Å²) in [7, 11) is -2.47. The molecule has 1 atom stereocenters. The molecule has 1 aromatic rings. The van der Waals surface area contributed by atoms with E-state index in [0.29, 0.717) is 0 Å². The van der Waals surface area contributed by atoms with Gasteiger partial charge in [-0.25, -0.2) is 13.1 Å². The van der Waals surface area contributed by atoms with Gasteiger partial charge in [0.2, 0.25) is 10.9 Å². The maximum atomic E-state index is 10.6. The minimum Gasteiger partial charge on any atom is -0.216 e. The monoisotopic (exact) mass is 225 g/mol. The Balaban J connectivity index is 2.16. The highest BCUT2D eigenvalue weighted by atomic mass is 32.2. The van der Waals surface area contributed by atoms with Crippen LogP contribution in [0.15, 0.2) is 18.2 Å². The Morgan fingerprint density at radius 3 is 2.87 bits per heavy atom. The average molecular weight is 225 g/mol. The molecule has 0 saturated heterocycles. The van der Waals surface area contributed by atoms with E-state index >= 15 is 0 Å². The Hall–Kier alpha value is -0.870. The first-order valence-corrected chi connectivity index (χ1v) is 6.32. The summed E-state index contributed by atoms with van der Waals surface area (Å²) in [6.07, 6.45) is 2.69. The second kappa shape index (κ2) is 4.33. The predicted molar refractivity (Wildman–Crippen MR) is 60.4 cm³/mol. The van der Waals surface area contributed by atoms with Crippen molar-refractivity contribution in [3.63, 3.8) is 0 Å². The molecule has 0 heterocycles. The van der Waals surface area contributed by atoms with Gasteiger partial charge in [-0.15, -0.1) is 0 Å². The molecule has 1 aliphatic rings. The van der Waals surface area contributed by atoms with E-state index in [9.17, 15) is 8.42 Å². The molecule has 1 N–H and O–H groups in total. The summed E-state index contributed by atoms with van der Waals surface area (Å²) in [5.41, 5.74) is 3.92. The van der Waals surface area contributed by atoms with Gasteiger partial charge >= 0.3 is 0 Å². The molecule has 0 aromatic heterocycles. The molecule has 3 nitrogen and oxygen atoms in total. The number of hydrogen-bond donors (Lipinski definition) is 2. The van der Waals surface area contributed by atoms with E-state index < -0.39 is 10.9 Å². The third kappa shape index (κ3) is 2.58. The lowest BCUT2D eigenvalue weighted by atomic mass is 9.88. The van der Waals surface area contributed by atoms with E-state index in [1.807, 2.05) is 0 Å². The number of rotatable bonds is 2. The molecule has 1 aliphatic carbocycles. The van der Waals surface area contributed by atoms with Gasteiger partial charge in [-0.05, 0) is 37.3 Å². The standard InChI is InChI=1S/C11H15NO2S/c1-8-2-3-10-7-11(12-15(13)14)5-4-9(10)6-8/h2-3,6,11,15H,4-5,7H2,1H3,(H,12,13,14). The second-order valence-electron chi connectivity index (χ2n) is 4.10. The highest BCUT2D eigenvalue weighted by molar-refractivity contribution is 7.70. The van der Waals surface area contributed by atoms with Crippen LogP contribution in [-0.2, 0) is 23.7 Å². The fourth-order valence-corrected chi connectivity index (χ4v) is 2.66. The number of benzene rings is 1. The van der Waals surface area contributed by atoms with Gasteiger partial charge in [0, 0.05) is 6.04 Å². The molecule has 15 heavy (non-hydrogen) atoms. The van der Waals surface area contributed by atoms with Crippen LogP contribution in [0.2, 0.25) is 0 Å². The smallest absolute Gasteiger partial charge is 0.201 e. The van der Waals surface area contributed by atoms with Crippen LogP contribution in [0.3, 0.4) is 0 Å². The van der Waals surface area contributed by atoms with E-state index in [0.717, 1.165) is 19.3 Å². The zero-order chi connectivity index (χ0) is 10.8. The predicted octanol–water partition coefficient (Wildman–Crippen LogP) is 0.968. The fraction of sp³-hybridized carbons (Fsp3) is 0.455. The second-order valence-corrected chi connectivity index (χ2v) is 4.87. The molecule has 1 unspecified atom stereocenters. The van der Waals surface area contributed by atoms with E-state index in [4.69, 9.17) is 0 Å². The molecule has 0 fully saturated rings. The summed E-state index contributed by atoms with van der Waals surface area (Å²) < 4.78 is 23.7. The number of thiol groups is 1. The average Bonchev–Trinajstić information content (AvgIpc) is 2.17. The molecular weight excluding hydrogens is 210 g/mol. The van der Waals surface area contributed by atoms with Gasteiger partial charge in [-0.2, -0.15) is 0 Å². The van der Waals surface area contributed by atoms with Crippen molar-refractivity contribution in [3.05, 3.63) is 34.9 Å². The van der Waals surface area contributed by atoms with Crippen molar-refractivity contribution in [2.24, 2.45) is 0 Å². The molecule has 0 spiro atoms. The normalized spacial score (nSPS) is 20.3. The lowest BCUT2D eigenvalue weighted by molar-refractivity contribution is 0.518. The van der Waals surface area contributed by atoms with Crippen LogP contribution in [0.25, 0.3) is 0 Å². The minimum absolute atomic E-state index is 0.0846. The van der Waals surface area contributed by atoms with Gasteiger partial charge in [0.15, 0.2) is 0 Å². The summed E-state index contributed by atoms with van der Waals surface area (Å²) in [5, 5.41) is 0. The number of nitrogens with one attached hydrogen (secondary N) is 1. The molecule has 82 valence electrons. The highest BCUT2D eigenvalue weighted by Gasteiger charge is 2.18. The van der Waals surface area contributed by atoms with Crippen molar-refractivity contribution < 1.29 is 8.42 Å². The summed E-state index contributed by atoms with van der Waals surface area (Å²) in [6, 6.07) is 6.47. The Labute approximate surface area is 91.6 Å². The molecule has 0 amide bonds. The first kappa shape index (κ1) is 10.6. The third-order valence-electron chi connectivity index (χ3n) is 2.88. The number of aryl methyl sites for hydroxylation is 2. The van der Waals surface area contributed by atoms with Gasteiger partial charge in [-0.1, -0.05) is 23.8 Å². The summed E-state index contributed by atoms with van der Waals surface area (Å²) in [6.45, 7) is 2.08. The first-order valence-electron chi connectivity index (χ1n) is 5.14. The summed E-state index contributed by atoms with van der Waals surface area (Å²) in [5.74, 6) is 0. The zero-order valence-electron chi connectivity index (χ0n) is 8.69. The van der Waals surface area contributed by atoms with Crippen molar-refractivity contribution >= 4 is 10.9 Å².